The van der Waals surface area contributed by atoms with Gasteiger partial charge in [-0.15, -0.1) is 0 Å². The van der Waals surface area contributed by atoms with Gasteiger partial charge >= 0.3 is 6.18 Å². The van der Waals surface area contributed by atoms with Crippen molar-refractivity contribution in [3.63, 3.8) is 0 Å². The van der Waals surface area contributed by atoms with Crippen LogP contribution in [0.25, 0.3) is 5.69 Å². The molecule has 0 unspecified atom stereocenters. The van der Waals surface area contributed by atoms with Crippen molar-refractivity contribution < 1.29 is 27.5 Å². The first-order valence-electron chi connectivity index (χ1n) is 10.0. The number of aromatic nitrogens is 3. The third kappa shape index (κ3) is 3.92. The molecule has 33 heavy (non-hydrogen) atoms. The van der Waals surface area contributed by atoms with E-state index in [9.17, 15) is 32.3 Å². The minimum Gasteiger partial charge on any atom is -0.374 e. The number of fused-ring (bicyclic) bond motifs is 1. The maximum Gasteiger partial charge on any atom is 0.424 e. The van der Waals surface area contributed by atoms with E-state index in [1.165, 1.54) is 62.8 Å². The summed E-state index contributed by atoms with van der Waals surface area (Å²) in [6.45, 7) is 2.31. The number of rotatable bonds is 3. The van der Waals surface area contributed by atoms with Crippen LogP contribution in [0.2, 0.25) is 0 Å². The lowest BCUT2D eigenvalue weighted by Gasteiger charge is -2.36. The molecule has 3 aromatic rings. The third-order valence-electron chi connectivity index (χ3n) is 5.69. The molecule has 0 saturated carbocycles. The molecule has 1 aliphatic rings. The molecule has 1 N–H and O–H groups in total. The number of halogens is 4. The summed E-state index contributed by atoms with van der Waals surface area (Å²) >= 11 is 0. The second-order valence-electron chi connectivity index (χ2n) is 8.15. The number of amides is 1. The molecule has 3 heterocycles. The second kappa shape index (κ2) is 7.84. The molecule has 2 atom stereocenters. The van der Waals surface area contributed by atoms with E-state index in [-0.39, 0.29) is 18.7 Å². The van der Waals surface area contributed by atoms with E-state index in [1.54, 1.807) is 6.92 Å². The van der Waals surface area contributed by atoms with Crippen LogP contribution in [0.4, 0.5) is 17.6 Å². The van der Waals surface area contributed by atoms with E-state index in [1.807, 2.05) is 0 Å². The number of hydrogen-bond acceptors (Lipinski definition) is 4. The minimum atomic E-state index is -4.92. The van der Waals surface area contributed by atoms with Crippen molar-refractivity contribution in [1.29, 1.82) is 0 Å². The Labute approximate surface area is 185 Å². The summed E-state index contributed by atoms with van der Waals surface area (Å²) in [5.74, 6) is -1.44. The van der Waals surface area contributed by atoms with Gasteiger partial charge in [-0.05, 0) is 44.2 Å². The predicted molar refractivity (Wildman–Crippen MR) is 109 cm³/mol. The van der Waals surface area contributed by atoms with Gasteiger partial charge in [-0.25, -0.2) is 9.37 Å². The number of carbonyl (C=O) groups excluding carboxylic acids is 1. The fraction of sp³-hybridized carbons (Fsp3) is 0.318. The number of nitrogens with zero attached hydrogens (tertiary/aromatic N) is 4. The van der Waals surface area contributed by atoms with Crippen molar-refractivity contribution in [2.24, 2.45) is 0 Å². The van der Waals surface area contributed by atoms with Crippen LogP contribution < -0.4 is 5.56 Å². The summed E-state index contributed by atoms with van der Waals surface area (Å²) in [4.78, 5) is 30.7. The normalized spacial score (nSPS) is 18.0. The standard InChI is InChI=1S/C22H20F4N4O3/c1-13-10-28(12-17-9-27-20(30(13)17)21(2,33)22(24,25)26)19(32)14-3-8-18(31)29(11-14)16-6-4-15(23)5-7-16/h3-9,11,13,33H,10,12H2,1-2H3/t13-,21+/m0/s1. The average molecular weight is 464 g/mol. The largest absolute Gasteiger partial charge is 0.424 e. The van der Waals surface area contributed by atoms with Gasteiger partial charge < -0.3 is 14.6 Å². The molecule has 11 heteroatoms. The number of alkyl halides is 3. The molecule has 0 bridgehead atoms. The Hall–Kier alpha value is -3.47. The maximum absolute atomic E-state index is 13.3. The highest BCUT2D eigenvalue weighted by atomic mass is 19.4. The van der Waals surface area contributed by atoms with E-state index in [4.69, 9.17) is 0 Å². The molecule has 0 spiro atoms. The first-order valence-corrected chi connectivity index (χ1v) is 10.0. The van der Waals surface area contributed by atoms with Crippen molar-refractivity contribution >= 4 is 5.91 Å². The van der Waals surface area contributed by atoms with Gasteiger partial charge in [0.25, 0.3) is 11.5 Å². The molecular weight excluding hydrogens is 444 g/mol. The van der Waals surface area contributed by atoms with Crippen LogP contribution in [0.5, 0.6) is 0 Å². The van der Waals surface area contributed by atoms with Crippen LogP contribution >= 0.6 is 0 Å². The maximum atomic E-state index is 13.3. The molecule has 1 aliphatic heterocycles. The van der Waals surface area contributed by atoms with Gasteiger partial charge in [-0.3, -0.25) is 14.2 Å². The lowest BCUT2D eigenvalue weighted by Crippen LogP contribution is -2.45. The SMILES string of the molecule is C[C@H]1CN(C(=O)c2ccc(=O)n(-c3ccc(F)cc3)c2)Cc2cnc([C@@](C)(O)C(F)(F)F)n21. The Balaban J connectivity index is 1.64. The van der Waals surface area contributed by atoms with E-state index in [0.717, 1.165) is 0 Å². The zero-order chi connectivity index (χ0) is 24.1. The fourth-order valence-electron chi connectivity index (χ4n) is 3.91. The highest BCUT2D eigenvalue weighted by Crippen LogP contribution is 2.40. The number of imidazole rings is 1. The quantitative estimate of drug-likeness (QED) is 0.604. The van der Waals surface area contributed by atoms with E-state index < -0.39 is 40.9 Å². The van der Waals surface area contributed by atoms with Crippen molar-refractivity contribution in [1.82, 2.24) is 19.0 Å². The molecule has 0 aliphatic carbocycles. The number of carbonyl (C=O) groups is 1. The molecule has 1 aromatic carbocycles. The summed E-state index contributed by atoms with van der Waals surface area (Å²) in [6.07, 6.45) is -2.37. The van der Waals surface area contributed by atoms with Crippen LogP contribution in [0.3, 0.4) is 0 Å². The first kappa shape index (κ1) is 22.7. The smallest absolute Gasteiger partial charge is 0.374 e. The average Bonchev–Trinajstić information content (AvgIpc) is 3.19. The fourth-order valence-corrected chi connectivity index (χ4v) is 3.91. The molecule has 0 radical (unpaired) electrons. The number of benzene rings is 1. The van der Waals surface area contributed by atoms with Crippen LogP contribution in [0.15, 0.2) is 53.6 Å². The first-order chi connectivity index (χ1) is 15.4. The van der Waals surface area contributed by atoms with Crippen LogP contribution in [-0.2, 0) is 12.1 Å². The molecule has 174 valence electrons. The molecule has 7 nitrogen and oxygen atoms in total. The Kier molecular flexibility index (Phi) is 5.39. The summed E-state index contributed by atoms with van der Waals surface area (Å²) < 4.78 is 55.7. The van der Waals surface area contributed by atoms with E-state index in [0.29, 0.717) is 18.3 Å². The molecule has 2 aromatic heterocycles. The van der Waals surface area contributed by atoms with Crippen molar-refractivity contribution in [2.45, 2.75) is 38.2 Å². The van der Waals surface area contributed by atoms with Gasteiger partial charge in [0.2, 0.25) is 5.60 Å². The zero-order valence-electron chi connectivity index (χ0n) is 17.7. The van der Waals surface area contributed by atoms with Crippen molar-refractivity contribution in [2.75, 3.05) is 6.54 Å². The Bertz CT molecular complexity index is 1260. The monoisotopic (exact) mass is 464 g/mol. The minimum absolute atomic E-state index is 0.0280. The molecule has 0 fully saturated rings. The number of aliphatic hydroxyl groups is 1. The van der Waals surface area contributed by atoms with E-state index >= 15 is 0 Å². The van der Waals surface area contributed by atoms with Crippen LogP contribution in [-0.4, -0.2) is 42.8 Å². The Morgan fingerprint density at radius 3 is 2.45 bits per heavy atom. The van der Waals surface area contributed by atoms with Gasteiger partial charge in [-0.1, -0.05) is 0 Å². The second-order valence-corrected chi connectivity index (χ2v) is 8.15. The number of hydrogen-bond donors (Lipinski definition) is 1. The molecular formula is C22H20F4N4O3. The summed E-state index contributed by atoms with van der Waals surface area (Å²) in [7, 11) is 0. The van der Waals surface area contributed by atoms with Gasteiger partial charge in [0.05, 0.1) is 30.0 Å². The van der Waals surface area contributed by atoms with Crippen LogP contribution in [0.1, 0.15) is 41.8 Å². The topological polar surface area (TPSA) is 80.4 Å². The summed E-state index contributed by atoms with van der Waals surface area (Å²) in [5.41, 5.74) is -2.66. The Morgan fingerprint density at radius 2 is 1.82 bits per heavy atom. The third-order valence-corrected chi connectivity index (χ3v) is 5.69. The molecule has 0 saturated heterocycles. The molecule has 4 rings (SSSR count). The van der Waals surface area contributed by atoms with Crippen molar-refractivity contribution in [3.8, 4) is 5.69 Å². The zero-order valence-corrected chi connectivity index (χ0v) is 17.7. The predicted octanol–water partition coefficient (Wildman–Crippen LogP) is 3.16. The number of pyridine rings is 1. The van der Waals surface area contributed by atoms with Gasteiger partial charge in [-0.2, -0.15) is 13.2 Å². The van der Waals surface area contributed by atoms with Crippen molar-refractivity contribution in [3.05, 3.63) is 82.0 Å². The molecule has 1 amide bonds. The van der Waals surface area contributed by atoms with Crippen LogP contribution in [0, 0.1) is 5.82 Å². The summed E-state index contributed by atoms with van der Waals surface area (Å²) in [6, 6.07) is 7.18. The highest BCUT2D eigenvalue weighted by molar-refractivity contribution is 5.94. The lowest BCUT2D eigenvalue weighted by molar-refractivity contribution is -0.263. The Morgan fingerprint density at radius 1 is 1.15 bits per heavy atom. The summed E-state index contributed by atoms with van der Waals surface area (Å²) in [5, 5.41) is 10.1. The highest BCUT2D eigenvalue weighted by Gasteiger charge is 2.55. The lowest BCUT2D eigenvalue weighted by atomic mass is 10.0. The van der Waals surface area contributed by atoms with Gasteiger partial charge in [0.1, 0.15) is 5.82 Å². The van der Waals surface area contributed by atoms with Gasteiger partial charge in [0, 0.05) is 24.5 Å². The van der Waals surface area contributed by atoms with E-state index in [2.05, 4.69) is 4.98 Å². The van der Waals surface area contributed by atoms with Gasteiger partial charge in [0.15, 0.2) is 5.82 Å².